The van der Waals surface area contributed by atoms with Gasteiger partial charge in [-0.2, -0.15) is 0 Å². The highest BCUT2D eigenvalue weighted by Gasteiger charge is 2.16. The van der Waals surface area contributed by atoms with Crippen molar-refractivity contribution in [1.29, 1.82) is 0 Å². The molecule has 2 atom stereocenters. The number of carbonyl (C=O) groups excluding carboxylic acids is 1. The molecule has 0 aliphatic heterocycles. The number of ether oxygens (including phenoxy) is 1. The van der Waals surface area contributed by atoms with Crippen LogP contribution in [0.25, 0.3) is 0 Å². The molecule has 0 aromatic heterocycles. The molecule has 0 aliphatic carbocycles. The number of unbranched alkanes of at least 4 members (excludes halogenated alkanes) is 5. The average Bonchev–Trinajstić information content (AvgIpc) is 2.84. The Balaban J connectivity index is 3.72. The zero-order chi connectivity index (χ0) is 28.5. The van der Waals surface area contributed by atoms with Crippen LogP contribution in [0.5, 0.6) is 0 Å². The first kappa shape index (κ1) is 36.5. The summed E-state index contributed by atoms with van der Waals surface area (Å²) in [5.74, 6) is -0.430. The van der Waals surface area contributed by atoms with Crippen molar-refractivity contribution < 1.29 is 37.6 Å². The Morgan fingerprint density at radius 2 is 1.37 bits per heavy atom. The quantitative estimate of drug-likeness (QED) is 0.0539. The Morgan fingerprint density at radius 3 is 1.89 bits per heavy atom. The van der Waals surface area contributed by atoms with Gasteiger partial charge in [-0.15, -0.1) is 0 Å². The van der Waals surface area contributed by atoms with E-state index in [2.05, 4.69) is 60.1 Å². The fourth-order valence-corrected chi connectivity index (χ4v) is 3.78. The van der Waals surface area contributed by atoms with E-state index in [1.807, 2.05) is 21.1 Å². The van der Waals surface area contributed by atoms with E-state index in [4.69, 9.17) is 9.26 Å². The van der Waals surface area contributed by atoms with E-state index < -0.39 is 26.5 Å². The summed E-state index contributed by atoms with van der Waals surface area (Å²) in [6.07, 6.45) is 26.7. The maximum absolute atomic E-state index is 11.8. The second-order valence-corrected chi connectivity index (χ2v) is 11.7. The maximum atomic E-state index is 11.8. The number of phosphoric acid groups is 1. The molecule has 0 rings (SSSR count). The third-order valence-electron chi connectivity index (χ3n) is 5.33. The zero-order valence-corrected chi connectivity index (χ0v) is 25.0. The molecule has 0 amide bonds. The predicted molar refractivity (Wildman–Crippen MR) is 152 cm³/mol. The predicted octanol–water partition coefficient (Wildman–Crippen LogP) is 5.63. The van der Waals surface area contributed by atoms with Crippen molar-refractivity contribution in [2.45, 2.75) is 83.7 Å². The molecule has 0 bridgehead atoms. The summed E-state index contributed by atoms with van der Waals surface area (Å²) in [6, 6.07) is 0. The van der Waals surface area contributed by atoms with Crippen molar-refractivity contribution in [3.63, 3.8) is 0 Å². The van der Waals surface area contributed by atoms with Gasteiger partial charge in [-0.25, -0.2) is 0 Å². The van der Waals surface area contributed by atoms with E-state index in [0.29, 0.717) is 17.4 Å². The van der Waals surface area contributed by atoms with Gasteiger partial charge in [0.25, 0.3) is 7.82 Å². The number of aliphatic hydroxyl groups is 1. The van der Waals surface area contributed by atoms with Crippen LogP contribution in [-0.4, -0.2) is 69.2 Å². The number of phosphoric ester groups is 1. The number of likely N-dealkylation sites (N-methyl/N-ethyl adjacent to an activating group) is 1. The number of hydrogen-bond donors (Lipinski definition) is 1. The van der Waals surface area contributed by atoms with Crippen molar-refractivity contribution in [1.82, 2.24) is 0 Å². The lowest BCUT2D eigenvalue weighted by molar-refractivity contribution is -0.870. The topological polar surface area (TPSA) is 105 Å². The van der Waals surface area contributed by atoms with Gasteiger partial charge in [0.15, 0.2) is 0 Å². The van der Waals surface area contributed by atoms with Crippen molar-refractivity contribution >= 4 is 13.8 Å². The van der Waals surface area contributed by atoms with Crippen LogP contribution in [0.2, 0.25) is 0 Å². The number of nitrogens with zero attached hydrogens (tertiary/aromatic N) is 1. The average molecular weight is 558 g/mol. The maximum Gasteiger partial charge on any atom is 0.305 e. The number of esters is 1. The molecule has 0 spiro atoms. The summed E-state index contributed by atoms with van der Waals surface area (Å²) in [4.78, 5) is 23.5. The smallest absolute Gasteiger partial charge is 0.305 e. The van der Waals surface area contributed by atoms with Crippen LogP contribution >= 0.6 is 7.82 Å². The molecule has 38 heavy (non-hydrogen) atoms. The Morgan fingerprint density at radius 1 is 0.842 bits per heavy atom. The highest BCUT2D eigenvalue weighted by atomic mass is 31.2. The molecular formula is C29H52NO7P. The Bertz CT molecular complexity index is 757. The Kier molecular flexibility index (Phi) is 22.4. The molecule has 0 aliphatic rings. The van der Waals surface area contributed by atoms with E-state index in [1.165, 1.54) is 25.7 Å². The van der Waals surface area contributed by atoms with Gasteiger partial charge in [0.2, 0.25) is 0 Å². The molecule has 0 fully saturated rings. The summed E-state index contributed by atoms with van der Waals surface area (Å²) in [5.41, 5.74) is 0. The zero-order valence-electron chi connectivity index (χ0n) is 24.1. The molecular weight excluding hydrogens is 505 g/mol. The lowest BCUT2D eigenvalue weighted by Crippen LogP contribution is -2.37. The molecule has 0 heterocycles. The number of quaternary nitrogens is 1. The standard InChI is InChI=1S/C29H52NO7P/c1-5-6-7-8-9-10-11-12-13-14-15-16-17-18-19-20-21-22-23-29(32)35-26-28(31)27-37-38(33,34)36-25-24-30(2,3)4/h9-10,12-13,15-16,18-19,28,31H,5-8,11,14,17,20-27H2,1-4H3/b10-9-,13-12-,16-15-,19-18-/t28-/m1/s1. The van der Waals surface area contributed by atoms with E-state index in [0.717, 1.165) is 32.1 Å². The normalized spacial score (nSPS) is 15.2. The van der Waals surface area contributed by atoms with Crippen molar-refractivity contribution in [3.05, 3.63) is 48.6 Å². The fourth-order valence-electron chi connectivity index (χ4n) is 3.04. The number of aliphatic hydroxyl groups excluding tert-OH is 1. The lowest BCUT2D eigenvalue weighted by atomic mass is 10.2. The molecule has 220 valence electrons. The fraction of sp³-hybridized carbons (Fsp3) is 0.690. The van der Waals surface area contributed by atoms with Crippen molar-refractivity contribution in [2.24, 2.45) is 0 Å². The molecule has 9 heteroatoms. The lowest BCUT2D eigenvalue weighted by Gasteiger charge is -2.27. The van der Waals surface area contributed by atoms with Crippen LogP contribution in [0.1, 0.15) is 77.6 Å². The first-order valence-electron chi connectivity index (χ1n) is 13.9. The molecule has 0 aromatic carbocycles. The van der Waals surface area contributed by atoms with Gasteiger partial charge >= 0.3 is 5.97 Å². The van der Waals surface area contributed by atoms with Crippen LogP contribution < -0.4 is 4.89 Å². The van der Waals surface area contributed by atoms with Gasteiger partial charge in [0.1, 0.15) is 25.9 Å². The van der Waals surface area contributed by atoms with Gasteiger partial charge in [-0.3, -0.25) is 9.36 Å². The van der Waals surface area contributed by atoms with Crippen LogP contribution in [0.4, 0.5) is 0 Å². The highest BCUT2D eigenvalue weighted by molar-refractivity contribution is 7.45. The molecule has 0 saturated carbocycles. The summed E-state index contributed by atoms with van der Waals surface area (Å²) < 4.78 is 26.6. The van der Waals surface area contributed by atoms with Gasteiger partial charge in [0, 0.05) is 6.42 Å². The Hall–Kier alpha value is -1.54. The summed E-state index contributed by atoms with van der Waals surface area (Å²) in [5, 5.41) is 9.80. The first-order chi connectivity index (χ1) is 18.1. The van der Waals surface area contributed by atoms with Crippen molar-refractivity contribution in [3.8, 4) is 0 Å². The largest absolute Gasteiger partial charge is 0.756 e. The van der Waals surface area contributed by atoms with Crippen molar-refractivity contribution in [2.75, 3.05) is 47.5 Å². The number of carbonyl (C=O) groups is 1. The summed E-state index contributed by atoms with van der Waals surface area (Å²) in [7, 11) is 1.22. The van der Waals surface area contributed by atoms with E-state index in [9.17, 15) is 19.4 Å². The number of rotatable bonds is 24. The summed E-state index contributed by atoms with van der Waals surface area (Å²) in [6.45, 7) is 1.84. The monoisotopic (exact) mass is 557 g/mol. The van der Waals surface area contributed by atoms with Gasteiger partial charge < -0.3 is 28.3 Å². The minimum atomic E-state index is -4.51. The number of hydrogen-bond acceptors (Lipinski definition) is 7. The van der Waals surface area contributed by atoms with Gasteiger partial charge in [-0.05, 0) is 51.4 Å². The van der Waals surface area contributed by atoms with E-state index >= 15 is 0 Å². The summed E-state index contributed by atoms with van der Waals surface area (Å²) >= 11 is 0. The molecule has 0 saturated heterocycles. The molecule has 0 aromatic rings. The molecule has 1 N–H and O–H groups in total. The molecule has 1 unspecified atom stereocenters. The SMILES string of the molecule is CCCCC/C=C\C/C=C\C/C=C\C/C=C\CCCCC(=O)OC[C@@H](O)COP(=O)([O-])OCC[N+](C)(C)C. The van der Waals surface area contributed by atoms with Gasteiger partial charge in [0.05, 0.1) is 27.7 Å². The molecule has 8 nitrogen and oxygen atoms in total. The second kappa shape index (κ2) is 23.4. The minimum Gasteiger partial charge on any atom is -0.756 e. The Labute approximate surface area is 231 Å². The van der Waals surface area contributed by atoms with Crippen LogP contribution in [-0.2, 0) is 23.1 Å². The van der Waals surface area contributed by atoms with E-state index in [-0.39, 0.29) is 19.6 Å². The highest BCUT2D eigenvalue weighted by Crippen LogP contribution is 2.38. The molecule has 0 radical (unpaired) electrons. The van der Waals surface area contributed by atoms with Crippen LogP contribution in [0, 0.1) is 0 Å². The third kappa shape index (κ3) is 27.5. The third-order valence-corrected chi connectivity index (χ3v) is 6.30. The van der Waals surface area contributed by atoms with Crippen LogP contribution in [0.3, 0.4) is 0 Å². The number of allylic oxidation sites excluding steroid dienone is 8. The van der Waals surface area contributed by atoms with Gasteiger partial charge in [-0.1, -0.05) is 68.4 Å². The van der Waals surface area contributed by atoms with E-state index in [1.54, 1.807) is 0 Å². The minimum absolute atomic E-state index is 0.0174. The first-order valence-corrected chi connectivity index (χ1v) is 15.4. The second-order valence-electron chi connectivity index (χ2n) is 10.3. The van der Waals surface area contributed by atoms with Crippen LogP contribution in [0.15, 0.2) is 48.6 Å².